The number of ether oxygens (including phenoxy) is 1. The molecule has 2 atom stereocenters. The fourth-order valence-corrected chi connectivity index (χ4v) is 2.30. The van der Waals surface area contributed by atoms with Crippen LogP contribution in [0, 0.1) is 0 Å². The molecule has 2 unspecified atom stereocenters. The second kappa shape index (κ2) is 3.83. The summed E-state index contributed by atoms with van der Waals surface area (Å²) in [6.07, 6.45) is 0.325. The van der Waals surface area contributed by atoms with E-state index in [1.54, 1.807) is 6.92 Å². The van der Waals surface area contributed by atoms with E-state index in [-0.39, 0.29) is 5.41 Å². The van der Waals surface area contributed by atoms with Gasteiger partial charge in [-0.05, 0) is 19.4 Å². The van der Waals surface area contributed by atoms with Crippen LogP contribution in [-0.2, 0) is 5.41 Å². The fraction of sp³-hybridized carbons (Fsp3) is 0.500. The van der Waals surface area contributed by atoms with Gasteiger partial charge in [0.15, 0.2) is 0 Å². The molecule has 0 saturated heterocycles. The van der Waals surface area contributed by atoms with Gasteiger partial charge in [-0.25, -0.2) is 0 Å². The third-order valence-electron chi connectivity index (χ3n) is 3.39. The third kappa shape index (κ3) is 1.52. The number of hydrogen-bond donors (Lipinski definition) is 2. The Balaban J connectivity index is 2.52. The molecule has 3 nitrogen and oxygen atoms in total. The van der Waals surface area contributed by atoms with Gasteiger partial charge in [-0.15, -0.1) is 0 Å². The van der Waals surface area contributed by atoms with Gasteiger partial charge in [-0.1, -0.05) is 18.2 Å². The van der Waals surface area contributed by atoms with Crippen LogP contribution in [-0.4, -0.2) is 24.4 Å². The van der Waals surface area contributed by atoms with E-state index >= 15 is 0 Å². The number of fused-ring (bicyclic) bond motifs is 1. The Bertz CT molecular complexity index is 351. The number of nitrogens with two attached hydrogens (primary N) is 1. The van der Waals surface area contributed by atoms with Gasteiger partial charge < -0.3 is 15.6 Å². The Labute approximate surface area is 89.9 Å². The van der Waals surface area contributed by atoms with Gasteiger partial charge in [0.25, 0.3) is 0 Å². The summed E-state index contributed by atoms with van der Waals surface area (Å²) in [7, 11) is 0. The normalized spacial score (nSPS) is 26.6. The molecule has 1 aliphatic rings. The largest absolute Gasteiger partial charge is 0.493 e. The van der Waals surface area contributed by atoms with E-state index in [4.69, 9.17) is 10.5 Å². The molecule has 82 valence electrons. The summed E-state index contributed by atoms with van der Waals surface area (Å²) in [5, 5.41) is 9.94. The molecule has 1 aromatic rings. The average molecular weight is 207 g/mol. The summed E-state index contributed by atoms with van der Waals surface area (Å²) in [5.74, 6) is 0.857. The van der Waals surface area contributed by atoms with E-state index in [1.807, 2.05) is 24.3 Å². The highest BCUT2D eigenvalue weighted by atomic mass is 16.5. The molecule has 1 aliphatic heterocycles. The van der Waals surface area contributed by atoms with Crippen LogP contribution in [0.1, 0.15) is 18.9 Å². The number of para-hydroxylation sites is 1. The molecule has 0 bridgehead atoms. The first kappa shape index (κ1) is 10.5. The minimum absolute atomic E-state index is 0.338. The predicted molar refractivity (Wildman–Crippen MR) is 59.0 cm³/mol. The molecule has 2 rings (SSSR count). The Morgan fingerprint density at radius 1 is 1.53 bits per heavy atom. The highest BCUT2D eigenvalue weighted by molar-refractivity contribution is 5.42. The fourth-order valence-electron chi connectivity index (χ4n) is 2.30. The van der Waals surface area contributed by atoms with Gasteiger partial charge in [0.2, 0.25) is 0 Å². The number of aliphatic hydroxyl groups excluding tert-OH is 1. The lowest BCUT2D eigenvalue weighted by Gasteiger charge is -2.40. The van der Waals surface area contributed by atoms with Crippen molar-refractivity contribution in [3.05, 3.63) is 29.8 Å². The maximum absolute atomic E-state index is 9.94. The molecule has 0 aromatic heterocycles. The van der Waals surface area contributed by atoms with E-state index in [1.165, 1.54) is 0 Å². The van der Waals surface area contributed by atoms with Gasteiger partial charge in [0.05, 0.1) is 12.7 Å². The van der Waals surface area contributed by atoms with Crippen LogP contribution in [0.3, 0.4) is 0 Å². The molecule has 3 N–H and O–H groups in total. The second-order valence-corrected chi connectivity index (χ2v) is 4.13. The van der Waals surface area contributed by atoms with Gasteiger partial charge in [-0.2, -0.15) is 0 Å². The van der Waals surface area contributed by atoms with E-state index < -0.39 is 6.10 Å². The smallest absolute Gasteiger partial charge is 0.123 e. The summed E-state index contributed by atoms with van der Waals surface area (Å²) >= 11 is 0. The van der Waals surface area contributed by atoms with Crippen molar-refractivity contribution in [3.63, 3.8) is 0 Å². The van der Waals surface area contributed by atoms with E-state index in [0.717, 1.165) is 17.7 Å². The van der Waals surface area contributed by atoms with E-state index in [0.29, 0.717) is 13.2 Å². The average Bonchev–Trinajstić information content (AvgIpc) is 2.28. The van der Waals surface area contributed by atoms with Gasteiger partial charge in [0, 0.05) is 17.5 Å². The molecule has 0 saturated carbocycles. The number of rotatable bonds is 2. The van der Waals surface area contributed by atoms with Crippen LogP contribution in [0.4, 0.5) is 0 Å². The lowest BCUT2D eigenvalue weighted by atomic mass is 9.72. The zero-order valence-corrected chi connectivity index (χ0v) is 8.94. The lowest BCUT2D eigenvalue weighted by molar-refractivity contribution is 0.0680. The molecule has 0 amide bonds. The quantitative estimate of drug-likeness (QED) is 0.762. The SMILES string of the molecule is CC(O)C1(CN)CCOc2ccccc21. The molecule has 1 heterocycles. The molecule has 0 radical (unpaired) electrons. The van der Waals surface area contributed by atoms with Gasteiger partial charge >= 0.3 is 0 Å². The Kier molecular flexibility index (Phi) is 2.67. The van der Waals surface area contributed by atoms with Crippen molar-refractivity contribution in [3.8, 4) is 5.75 Å². The molecule has 0 spiro atoms. The zero-order valence-electron chi connectivity index (χ0n) is 8.94. The number of benzene rings is 1. The third-order valence-corrected chi connectivity index (χ3v) is 3.39. The van der Waals surface area contributed by atoms with Crippen molar-refractivity contribution in [2.75, 3.05) is 13.2 Å². The minimum Gasteiger partial charge on any atom is -0.493 e. The first-order valence-electron chi connectivity index (χ1n) is 5.31. The van der Waals surface area contributed by atoms with Gasteiger partial charge in [-0.3, -0.25) is 0 Å². The molecule has 0 aliphatic carbocycles. The van der Waals surface area contributed by atoms with Crippen LogP contribution < -0.4 is 10.5 Å². The Morgan fingerprint density at radius 2 is 2.27 bits per heavy atom. The molecule has 15 heavy (non-hydrogen) atoms. The van der Waals surface area contributed by atoms with Crippen molar-refractivity contribution < 1.29 is 9.84 Å². The lowest BCUT2D eigenvalue weighted by Crippen LogP contribution is -2.47. The predicted octanol–water partition coefficient (Wildman–Crippen LogP) is 1.05. The van der Waals surface area contributed by atoms with Crippen molar-refractivity contribution in [1.82, 2.24) is 0 Å². The van der Waals surface area contributed by atoms with Crippen molar-refractivity contribution in [2.24, 2.45) is 5.73 Å². The summed E-state index contributed by atoms with van der Waals surface area (Å²) in [5.41, 5.74) is 6.54. The standard InChI is InChI=1S/C12H17NO2/c1-9(14)12(8-13)6-7-15-11-5-3-2-4-10(11)12/h2-5,9,14H,6-8,13H2,1H3. The maximum atomic E-state index is 9.94. The van der Waals surface area contributed by atoms with Crippen molar-refractivity contribution in [1.29, 1.82) is 0 Å². The topological polar surface area (TPSA) is 55.5 Å². The van der Waals surface area contributed by atoms with Crippen LogP contribution >= 0.6 is 0 Å². The minimum atomic E-state index is -0.451. The number of hydrogen-bond acceptors (Lipinski definition) is 3. The maximum Gasteiger partial charge on any atom is 0.123 e. The molecule has 3 heteroatoms. The van der Waals surface area contributed by atoms with E-state index in [9.17, 15) is 5.11 Å². The molecule has 0 fully saturated rings. The highest BCUT2D eigenvalue weighted by Crippen LogP contribution is 2.40. The first-order valence-corrected chi connectivity index (χ1v) is 5.31. The Morgan fingerprint density at radius 3 is 2.93 bits per heavy atom. The first-order chi connectivity index (χ1) is 7.20. The highest BCUT2D eigenvalue weighted by Gasteiger charge is 2.40. The molecular weight excluding hydrogens is 190 g/mol. The van der Waals surface area contributed by atoms with E-state index in [2.05, 4.69) is 0 Å². The number of aliphatic hydroxyl groups is 1. The monoisotopic (exact) mass is 207 g/mol. The summed E-state index contributed by atoms with van der Waals surface area (Å²) in [4.78, 5) is 0. The van der Waals surface area contributed by atoms with Crippen LogP contribution in [0.25, 0.3) is 0 Å². The Hall–Kier alpha value is -1.06. The zero-order chi connectivity index (χ0) is 10.9. The summed E-state index contributed by atoms with van der Waals surface area (Å²) in [6, 6.07) is 7.82. The second-order valence-electron chi connectivity index (χ2n) is 4.13. The summed E-state index contributed by atoms with van der Waals surface area (Å²) in [6.45, 7) is 2.87. The molecule has 1 aromatic carbocycles. The van der Waals surface area contributed by atoms with Crippen LogP contribution in [0.15, 0.2) is 24.3 Å². The van der Waals surface area contributed by atoms with Crippen LogP contribution in [0.2, 0.25) is 0 Å². The van der Waals surface area contributed by atoms with Gasteiger partial charge in [0.1, 0.15) is 5.75 Å². The summed E-state index contributed by atoms with van der Waals surface area (Å²) < 4.78 is 5.56. The van der Waals surface area contributed by atoms with Crippen molar-refractivity contribution in [2.45, 2.75) is 24.9 Å². The van der Waals surface area contributed by atoms with Crippen LogP contribution in [0.5, 0.6) is 5.75 Å². The van der Waals surface area contributed by atoms with Crippen molar-refractivity contribution >= 4 is 0 Å². The molecular formula is C12H17NO2.